The van der Waals surface area contributed by atoms with Crippen LogP contribution in [0.15, 0.2) is 29.6 Å². The van der Waals surface area contributed by atoms with E-state index >= 15 is 0 Å². The molecule has 0 bridgehead atoms. The second kappa shape index (κ2) is 7.77. The van der Waals surface area contributed by atoms with Crippen LogP contribution in [-0.4, -0.2) is 63.4 Å². The number of hydrogen-bond donors (Lipinski definition) is 1. The number of nitrogens with zero attached hydrogens (tertiary/aromatic N) is 3. The summed E-state index contributed by atoms with van der Waals surface area (Å²) in [6, 6.07) is 8.50. The molecule has 1 aromatic carbocycles. The van der Waals surface area contributed by atoms with Crippen LogP contribution in [0.4, 0.5) is 10.8 Å². The Morgan fingerprint density at radius 1 is 1.22 bits per heavy atom. The number of thiazole rings is 1. The quantitative estimate of drug-likeness (QED) is 0.881. The van der Waals surface area contributed by atoms with Gasteiger partial charge < -0.3 is 15.0 Å². The molecule has 3 rings (SSSR count). The van der Waals surface area contributed by atoms with Gasteiger partial charge in [-0.3, -0.25) is 4.90 Å². The van der Waals surface area contributed by atoms with Crippen LogP contribution in [0.3, 0.4) is 0 Å². The van der Waals surface area contributed by atoms with Crippen LogP contribution < -0.4 is 10.2 Å². The predicted molar refractivity (Wildman–Crippen MR) is 97.6 cm³/mol. The molecule has 1 fully saturated rings. The number of ether oxygens (including phenoxy) is 1. The Kier molecular flexibility index (Phi) is 5.48. The van der Waals surface area contributed by atoms with Crippen LogP contribution in [0.25, 0.3) is 11.3 Å². The van der Waals surface area contributed by atoms with Crippen LogP contribution in [0.5, 0.6) is 0 Å². The van der Waals surface area contributed by atoms with Gasteiger partial charge in [-0.05, 0) is 12.1 Å². The first kappa shape index (κ1) is 16.2. The molecule has 6 heteroatoms. The van der Waals surface area contributed by atoms with E-state index in [-0.39, 0.29) is 0 Å². The molecule has 0 saturated carbocycles. The van der Waals surface area contributed by atoms with Crippen molar-refractivity contribution in [3.8, 4) is 11.3 Å². The van der Waals surface area contributed by atoms with Crippen LogP contribution in [-0.2, 0) is 4.74 Å². The SMILES string of the molecule is CN(C)c1ccc(-c2csc(NCCN3CCOCC3)n2)cc1. The molecule has 5 nitrogen and oxygen atoms in total. The summed E-state index contributed by atoms with van der Waals surface area (Å²) in [6.07, 6.45) is 0. The van der Waals surface area contributed by atoms with Crippen molar-refractivity contribution in [1.29, 1.82) is 0 Å². The van der Waals surface area contributed by atoms with Crippen molar-refractivity contribution in [3.05, 3.63) is 29.6 Å². The average Bonchev–Trinajstić information content (AvgIpc) is 3.05. The lowest BCUT2D eigenvalue weighted by Gasteiger charge is -2.26. The van der Waals surface area contributed by atoms with Crippen molar-refractivity contribution in [3.63, 3.8) is 0 Å². The molecule has 2 aromatic rings. The first-order valence-corrected chi connectivity index (χ1v) is 8.87. The summed E-state index contributed by atoms with van der Waals surface area (Å²) in [5.41, 5.74) is 3.40. The zero-order valence-electron chi connectivity index (χ0n) is 13.8. The van der Waals surface area contributed by atoms with Gasteiger partial charge in [0.05, 0.1) is 18.9 Å². The highest BCUT2D eigenvalue weighted by Crippen LogP contribution is 2.26. The highest BCUT2D eigenvalue weighted by atomic mass is 32.1. The summed E-state index contributed by atoms with van der Waals surface area (Å²) in [6.45, 7) is 5.73. The molecule has 1 saturated heterocycles. The normalized spacial score (nSPS) is 15.6. The molecule has 1 N–H and O–H groups in total. The van der Waals surface area contributed by atoms with Crippen LogP contribution in [0.1, 0.15) is 0 Å². The maximum Gasteiger partial charge on any atom is 0.183 e. The number of aromatic nitrogens is 1. The minimum atomic E-state index is 0.852. The molecule has 0 amide bonds. The standard InChI is InChI=1S/C17H24N4OS/c1-20(2)15-5-3-14(4-6-15)16-13-23-17(19-16)18-7-8-21-9-11-22-12-10-21/h3-6,13H,7-12H2,1-2H3,(H,18,19). The Hall–Kier alpha value is -1.63. The van der Waals surface area contributed by atoms with Gasteiger partial charge >= 0.3 is 0 Å². The van der Waals surface area contributed by atoms with Gasteiger partial charge in [0.25, 0.3) is 0 Å². The van der Waals surface area contributed by atoms with E-state index in [9.17, 15) is 0 Å². The second-order valence-corrected chi connectivity index (χ2v) is 6.72. The zero-order chi connectivity index (χ0) is 16.1. The number of nitrogens with one attached hydrogen (secondary N) is 1. The Bertz CT molecular complexity index is 605. The largest absolute Gasteiger partial charge is 0.379 e. The lowest BCUT2D eigenvalue weighted by molar-refractivity contribution is 0.0398. The van der Waals surface area contributed by atoms with Gasteiger partial charge in [-0.15, -0.1) is 11.3 Å². The van der Waals surface area contributed by atoms with Crippen molar-refractivity contribution in [2.75, 3.05) is 63.7 Å². The molecular formula is C17H24N4OS. The van der Waals surface area contributed by atoms with Crippen molar-refractivity contribution in [2.24, 2.45) is 0 Å². The van der Waals surface area contributed by atoms with E-state index in [2.05, 4.69) is 49.7 Å². The van der Waals surface area contributed by atoms with Gasteiger partial charge in [-0.1, -0.05) is 12.1 Å². The maximum atomic E-state index is 5.36. The average molecular weight is 332 g/mol. The molecule has 124 valence electrons. The molecule has 0 spiro atoms. The maximum absolute atomic E-state index is 5.36. The predicted octanol–water partition coefficient (Wildman–Crippen LogP) is 2.62. The summed E-state index contributed by atoms with van der Waals surface area (Å²) in [5, 5.41) is 6.53. The molecular weight excluding hydrogens is 308 g/mol. The van der Waals surface area contributed by atoms with Crippen LogP contribution >= 0.6 is 11.3 Å². The summed E-state index contributed by atoms with van der Waals surface area (Å²) >= 11 is 1.67. The van der Waals surface area contributed by atoms with Crippen LogP contribution in [0.2, 0.25) is 0 Å². The van der Waals surface area contributed by atoms with E-state index in [4.69, 9.17) is 4.74 Å². The highest BCUT2D eigenvalue weighted by molar-refractivity contribution is 7.14. The van der Waals surface area contributed by atoms with E-state index in [1.54, 1.807) is 11.3 Å². The minimum absolute atomic E-state index is 0.852. The van der Waals surface area contributed by atoms with Gasteiger partial charge in [0.1, 0.15) is 0 Å². The van der Waals surface area contributed by atoms with Gasteiger partial charge in [0.15, 0.2) is 5.13 Å². The number of rotatable bonds is 6. The number of morpholine rings is 1. The lowest BCUT2D eigenvalue weighted by Crippen LogP contribution is -2.38. The van der Waals surface area contributed by atoms with Crippen molar-refractivity contribution in [1.82, 2.24) is 9.88 Å². The lowest BCUT2D eigenvalue weighted by atomic mass is 10.1. The van der Waals surface area contributed by atoms with Gasteiger partial charge in [-0.25, -0.2) is 4.98 Å². The molecule has 0 radical (unpaired) electrons. The van der Waals surface area contributed by atoms with Crippen molar-refractivity contribution < 1.29 is 4.74 Å². The van der Waals surface area contributed by atoms with Crippen molar-refractivity contribution in [2.45, 2.75) is 0 Å². The Balaban J connectivity index is 1.53. The van der Waals surface area contributed by atoms with Gasteiger partial charge in [0.2, 0.25) is 0 Å². The zero-order valence-corrected chi connectivity index (χ0v) is 14.6. The van der Waals surface area contributed by atoms with Gasteiger partial charge in [-0.2, -0.15) is 0 Å². The fourth-order valence-electron chi connectivity index (χ4n) is 2.56. The number of hydrogen-bond acceptors (Lipinski definition) is 6. The Morgan fingerprint density at radius 3 is 2.65 bits per heavy atom. The highest BCUT2D eigenvalue weighted by Gasteiger charge is 2.10. The van der Waals surface area contributed by atoms with E-state index in [1.807, 2.05) is 14.1 Å². The van der Waals surface area contributed by atoms with Crippen molar-refractivity contribution >= 4 is 22.2 Å². The Morgan fingerprint density at radius 2 is 1.96 bits per heavy atom. The fraction of sp³-hybridized carbons (Fsp3) is 0.471. The molecule has 2 heterocycles. The van der Waals surface area contributed by atoms with Crippen LogP contribution in [0, 0.1) is 0 Å². The summed E-state index contributed by atoms with van der Waals surface area (Å²) in [4.78, 5) is 9.21. The molecule has 23 heavy (non-hydrogen) atoms. The van der Waals surface area contributed by atoms with Gasteiger partial charge in [0, 0.05) is 56.9 Å². The van der Waals surface area contributed by atoms with E-state index in [0.29, 0.717) is 0 Å². The molecule has 1 aromatic heterocycles. The third-order valence-corrected chi connectivity index (χ3v) is 4.79. The number of benzene rings is 1. The topological polar surface area (TPSA) is 40.6 Å². The molecule has 0 unspecified atom stereocenters. The third kappa shape index (κ3) is 4.43. The smallest absolute Gasteiger partial charge is 0.183 e. The first-order chi connectivity index (χ1) is 11.2. The molecule has 0 atom stereocenters. The summed E-state index contributed by atoms with van der Waals surface area (Å²) < 4.78 is 5.36. The second-order valence-electron chi connectivity index (χ2n) is 5.86. The molecule has 1 aliphatic heterocycles. The van der Waals surface area contributed by atoms with E-state index in [0.717, 1.165) is 55.8 Å². The summed E-state index contributed by atoms with van der Waals surface area (Å²) in [5.74, 6) is 0. The molecule has 1 aliphatic rings. The van der Waals surface area contributed by atoms with E-state index in [1.165, 1.54) is 5.69 Å². The third-order valence-electron chi connectivity index (χ3n) is 3.99. The van der Waals surface area contributed by atoms with E-state index < -0.39 is 0 Å². The molecule has 0 aliphatic carbocycles. The first-order valence-electron chi connectivity index (χ1n) is 7.99. The fourth-order valence-corrected chi connectivity index (χ4v) is 3.31. The Labute approximate surface area is 141 Å². The number of anilines is 2. The minimum Gasteiger partial charge on any atom is -0.379 e. The monoisotopic (exact) mass is 332 g/mol. The summed E-state index contributed by atoms with van der Waals surface area (Å²) in [7, 11) is 4.10.